The number of hydrogen-bond acceptors (Lipinski definition) is 6. The van der Waals surface area contributed by atoms with Crippen molar-refractivity contribution in [2.24, 2.45) is 0 Å². The average Bonchev–Trinajstić information content (AvgIpc) is 3.37. The lowest BCUT2D eigenvalue weighted by molar-refractivity contribution is -0.113. The van der Waals surface area contributed by atoms with Gasteiger partial charge in [0.2, 0.25) is 5.95 Å². The predicted octanol–water partition coefficient (Wildman–Crippen LogP) is 5.63. The third-order valence-corrected chi connectivity index (χ3v) is 6.27. The molecule has 3 aromatic carbocycles. The van der Waals surface area contributed by atoms with Crippen LogP contribution >= 0.6 is 0 Å². The van der Waals surface area contributed by atoms with Crippen molar-refractivity contribution in [3.8, 4) is 11.5 Å². The Labute approximate surface area is 220 Å². The third kappa shape index (κ3) is 5.08. The highest BCUT2D eigenvalue weighted by Gasteiger charge is 2.34. The van der Waals surface area contributed by atoms with E-state index in [4.69, 9.17) is 9.47 Å². The van der Waals surface area contributed by atoms with Crippen molar-refractivity contribution in [3.63, 3.8) is 0 Å². The number of hydrogen-bond donors (Lipinski definition) is 2. The minimum Gasteiger partial charge on any atom is -0.490 e. The molecule has 1 aromatic heterocycles. The van der Waals surface area contributed by atoms with Gasteiger partial charge in [0.1, 0.15) is 24.8 Å². The molecule has 8 nitrogen and oxygen atoms in total. The van der Waals surface area contributed by atoms with Gasteiger partial charge in [-0.05, 0) is 56.7 Å². The third-order valence-electron chi connectivity index (χ3n) is 6.27. The van der Waals surface area contributed by atoms with E-state index in [9.17, 15) is 9.18 Å². The van der Waals surface area contributed by atoms with Gasteiger partial charge < -0.3 is 20.1 Å². The van der Waals surface area contributed by atoms with Crippen LogP contribution < -0.4 is 20.1 Å². The number of halogens is 1. The minimum absolute atomic E-state index is 0.0515. The van der Waals surface area contributed by atoms with Crippen LogP contribution in [-0.4, -0.2) is 27.3 Å². The Hall–Kier alpha value is -4.66. The van der Waals surface area contributed by atoms with Gasteiger partial charge in [-0.15, -0.1) is 0 Å². The summed E-state index contributed by atoms with van der Waals surface area (Å²) < 4.78 is 27.6. The van der Waals surface area contributed by atoms with Gasteiger partial charge in [-0.25, -0.2) is 9.07 Å². The topological polar surface area (TPSA) is 90.3 Å². The van der Waals surface area contributed by atoms with Crippen molar-refractivity contribution in [2.75, 3.05) is 17.2 Å². The van der Waals surface area contributed by atoms with E-state index in [1.165, 1.54) is 12.4 Å². The number of aromatic nitrogens is 3. The Morgan fingerprint density at radius 2 is 1.84 bits per heavy atom. The Bertz CT molecular complexity index is 1500. The Morgan fingerprint density at radius 3 is 2.61 bits per heavy atom. The summed E-state index contributed by atoms with van der Waals surface area (Å²) in [6.45, 7) is 6.15. The van der Waals surface area contributed by atoms with E-state index < -0.39 is 6.04 Å². The van der Waals surface area contributed by atoms with Crippen LogP contribution in [0.15, 0.2) is 84.3 Å². The zero-order valence-corrected chi connectivity index (χ0v) is 21.4. The fourth-order valence-corrected chi connectivity index (χ4v) is 4.38. The molecule has 1 aliphatic heterocycles. The Kier molecular flexibility index (Phi) is 7.08. The minimum atomic E-state index is -0.570. The van der Waals surface area contributed by atoms with Crippen LogP contribution in [0.5, 0.6) is 11.5 Å². The maximum absolute atomic E-state index is 14.1. The number of carbonyl (C=O) groups is 1. The molecule has 0 radical (unpaired) electrons. The van der Waals surface area contributed by atoms with Crippen molar-refractivity contribution in [1.29, 1.82) is 0 Å². The molecule has 1 atom stereocenters. The van der Waals surface area contributed by atoms with Gasteiger partial charge >= 0.3 is 0 Å². The van der Waals surface area contributed by atoms with E-state index in [2.05, 4.69) is 20.7 Å². The lowest BCUT2D eigenvalue weighted by atomic mass is 9.94. The highest BCUT2D eigenvalue weighted by molar-refractivity contribution is 6.06. The molecule has 0 fully saturated rings. The summed E-state index contributed by atoms with van der Waals surface area (Å²) in [5.41, 5.74) is 4.15. The second kappa shape index (κ2) is 10.8. The van der Waals surface area contributed by atoms with Crippen molar-refractivity contribution in [2.45, 2.75) is 33.4 Å². The molecule has 0 saturated carbocycles. The first-order valence-electron chi connectivity index (χ1n) is 12.3. The van der Waals surface area contributed by atoms with Crippen LogP contribution in [0.2, 0.25) is 0 Å². The molecule has 2 N–H and O–H groups in total. The van der Waals surface area contributed by atoms with Gasteiger partial charge in [0.15, 0.2) is 11.5 Å². The van der Waals surface area contributed by atoms with Crippen molar-refractivity contribution in [1.82, 2.24) is 14.8 Å². The molecule has 0 bridgehead atoms. The quantitative estimate of drug-likeness (QED) is 0.317. The first-order chi connectivity index (χ1) is 18.4. The van der Waals surface area contributed by atoms with E-state index in [0.717, 1.165) is 11.1 Å². The normalized spacial score (nSPS) is 14.5. The van der Waals surface area contributed by atoms with Gasteiger partial charge in [-0.3, -0.25) is 4.79 Å². The van der Waals surface area contributed by atoms with Crippen LogP contribution in [0.4, 0.5) is 16.0 Å². The number of carbonyl (C=O) groups excluding carboxylic acids is 1. The van der Waals surface area contributed by atoms with Crippen molar-refractivity contribution in [3.05, 3.63) is 107 Å². The summed E-state index contributed by atoms with van der Waals surface area (Å²) in [6, 6.07) is 19.0. The monoisotopic (exact) mass is 513 g/mol. The fraction of sp³-hybridized carbons (Fsp3) is 0.207. The summed E-state index contributed by atoms with van der Waals surface area (Å²) >= 11 is 0. The molecule has 0 spiro atoms. The number of aryl methyl sites for hydroxylation is 1. The molecule has 1 aliphatic rings. The summed E-state index contributed by atoms with van der Waals surface area (Å²) in [4.78, 5) is 17.9. The van der Waals surface area contributed by atoms with Crippen LogP contribution in [0.3, 0.4) is 0 Å². The number of fused-ring (bicyclic) bond motifs is 1. The van der Waals surface area contributed by atoms with Gasteiger partial charge in [-0.2, -0.15) is 10.1 Å². The molecule has 4 aromatic rings. The number of nitrogens with zero attached hydrogens (tertiary/aromatic N) is 3. The summed E-state index contributed by atoms with van der Waals surface area (Å²) in [5, 5.41) is 10.6. The SMILES string of the molecule is CCOc1cc(C2C(C(=O)Nc3ccc(C)cc3)=C(C)Nc3ncnn32)ccc1OCc1ccccc1F. The van der Waals surface area contributed by atoms with Gasteiger partial charge in [0.05, 0.1) is 12.2 Å². The molecule has 5 rings (SSSR count). The molecule has 38 heavy (non-hydrogen) atoms. The second-order valence-electron chi connectivity index (χ2n) is 8.93. The molecule has 1 amide bonds. The number of benzene rings is 3. The maximum atomic E-state index is 14.1. The van der Waals surface area contributed by atoms with E-state index in [0.29, 0.717) is 46.6 Å². The molecule has 0 saturated heterocycles. The van der Waals surface area contributed by atoms with Crippen LogP contribution in [0, 0.1) is 12.7 Å². The average molecular weight is 514 g/mol. The van der Waals surface area contributed by atoms with Crippen LogP contribution in [-0.2, 0) is 11.4 Å². The molecular weight excluding hydrogens is 485 g/mol. The highest BCUT2D eigenvalue weighted by Crippen LogP contribution is 2.39. The highest BCUT2D eigenvalue weighted by atomic mass is 19.1. The lowest BCUT2D eigenvalue weighted by Crippen LogP contribution is -2.31. The molecule has 0 aliphatic carbocycles. The molecule has 2 heterocycles. The number of nitrogens with one attached hydrogen (secondary N) is 2. The molecule has 9 heteroatoms. The van der Waals surface area contributed by atoms with Gasteiger partial charge in [0.25, 0.3) is 5.91 Å². The standard InChI is InChI=1S/C29H28FN5O3/c1-4-37-25-15-20(11-14-24(25)38-16-21-7-5-6-8-23(21)30)27-26(19(3)33-29-31-17-32-35(27)29)28(36)34-22-12-9-18(2)10-13-22/h5-15,17,27H,4,16H2,1-3H3,(H,34,36)(H,31,32,33). The number of rotatable bonds is 8. The van der Waals surface area contributed by atoms with E-state index in [1.54, 1.807) is 28.9 Å². The molecule has 1 unspecified atom stereocenters. The number of allylic oxidation sites excluding steroid dienone is 1. The molecular formula is C29H28FN5O3. The van der Waals surface area contributed by atoms with Crippen molar-refractivity contribution >= 4 is 17.5 Å². The van der Waals surface area contributed by atoms with Gasteiger partial charge in [0, 0.05) is 16.9 Å². The number of ether oxygens (including phenoxy) is 2. The summed E-state index contributed by atoms with van der Waals surface area (Å²) in [5.74, 6) is 0.885. The van der Waals surface area contributed by atoms with E-state index in [-0.39, 0.29) is 18.3 Å². The zero-order chi connectivity index (χ0) is 26.6. The number of anilines is 2. The van der Waals surface area contributed by atoms with Crippen molar-refractivity contribution < 1.29 is 18.7 Å². The Balaban J connectivity index is 1.49. The smallest absolute Gasteiger partial charge is 0.255 e. The fourth-order valence-electron chi connectivity index (χ4n) is 4.38. The first kappa shape index (κ1) is 25.0. The van der Waals surface area contributed by atoms with Gasteiger partial charge in [-0.1, -0.05) is 42.0 Å². The van der Waals surface area contributed by atoms with Crippen LogP contribution in [0.25, 0.3) is 0 Å². The lowest BCUT2D eigenvalue weighted by Gasteiger charge is -2.29. The van der Waals surface area contributed by atoms with E-state index in [1.807, 2.05) is 57.2 Å². The molecule has 194 valence electrons. The second-order valence-corrected chi connectivity index (χ2v) is 8.93. The van der Waals surface area contributed by atoms with E-state index >= 15 is 0 Å². The first-order valence-corrected chi connectivity index (χ1v) is 12.3. The zero-order valence-electron chi connectivity index (χ0n) is 21.4. The summed E-state index contributed by atoms with van der Waals surface area (Å²) in [6.07, 6.45) is 1.44. The van der Waals surface area contributed by atoms with Crippen LogP contribution in [0.1, 0.15) is 36.6 Å². The predicted molar refractivity (Wildman–Crippen MR) is 143 cm³/mol. The largest absolute Gasteiger partial charge is 0.490 e. The number of amides is 1. The summed E-state index contributed by atoms with van der Waals surface area (Å²) in [7, 11) is 0. The Morgan fingerprint density at radius 1 is 1.05 bits per heavy atom. The maximum Gasteiger partial charge on any atom is 0.255 e.